The summed E-state index contributed by atoms with van der Waals surface area (Å²) in [6, 6.07) is 12.3. The second kappa shape index (κ2) is 5.81. The molecule has 1 aliphatic heterocycles. The molecule has 7 nitrogen and oxygen atoms in total. The molecule has 25 heavy (non-hydrogen) atoms. The van der Waals surface area contributed by atoms with E-state index in [0.717, 1.165) is 11.3 Å². The third-order valence-electron chi connectivity index (χ3n) is 4.53. The first-order valence-corrected chi connectivity index (χ1v) is 7.80. The highest BCUT2D eigenvalue weighted by Gasteiger charge is 2.55. The number of pyridine rings is 1. The molecule has 1 unspecified atom stereocenters. The molecule has 4 rings (SSSR count). The van der Waals surface area contributed by atoms with Gasteiger partial charge in [-0.05, 0) is 29.8 Å². The molecule has 2 heterocycles. The van der Waals surface area contributed by atoms with Gasteiger partial charge in [-0.25, -0.2) is 9.78 Å². The number of nitrogens with one attached hydrogen (secondary N) is 2. The minimum atomic E-state index is -0.341. The summed E-state index contributed by atoms with van der Waals surface area (Å²) in [6.45, 7) is 0.520. The lowest BCUT2D eigenvalue weighted by Crippen LogP contribution is -2.32. The van der Waals surface area contributed by atoms with Crippen LogP contribution in [0.5, 0.6) is 5.75 Å². The van der Waals surface area contributed by atoms with Crippen LogP contribution in [0, 0.1) is 28.6 Å². The van der Waals surface area contributed by atoms with Gasteiger partial charge in [0.15, 0.2) is 0 Å². The number of ether oxygens (including phenoxy) is 1. The highest BCUT2D eigenvalue weighted by Crippen LogP contribution is 2.54. The van der Waals surface area contributed by atoms with Crippen molar-refractivity contribution in [3.05, 3.63) is 53.2 Å². The summed E-state index contributed by atoms with van der Waals surface area (Å²) in [5.41, 5.74) is 2.02. The van der Waals surface area contributed by atoms with E-state index in [4.69, 9.17) is 15.3 Å². The van der Waals surface area contributed by atoms with Gasteiger partial charge in [-0.2, -0.15) is 10.5 Å². The monoisotopic (exact) mass is 331 g/mol. The first-order chi connectivity index (χ1) is 12.2. The van der Waals surface area contributed by atoms with E-state index < -0.39 is 0 Å². The quantitative estimate of drug-likeness (QED) is 0.875. The molecule has 0 bridgehead atoms. The second-order valence-electron chi connectivity index (χ2n) is 6.03. The zero-order chi connectivity index (χ0) is 17.4. The van der Waals surface area contributed by atoms with Gasteiger partial charge in [-0.15, -0.1) is 0 Å². The average molecular weight is 331 g/mol. The lowest BCUT2D eigenvalue weighted by molar-refractivity contribution is 0.249. The van der Waals surface area contributed by atoms with E-state index in [9.17, 15) is 4.79 Å². The van der Waals surface area contributed by atoms with Crippen LogP contribution in [-0.2, 0) is 0 Å². The summed E-state index contributed by atoms with van der Waals surface area (Å²) in [4.78, 5) is 16.2. The minimum absolute atomic E-state index is 0.00688. The first-order valence-electron chi connectivity index (χ1n) is 7.80. The Balaban J connectivity index is 1.41. The number of fused-ring (bicyclic) bond motifs is 3. The number of hydrogen-bond donors (Lipinski definition) is 2. The van der Waals surface area contributed by atoms with E-state index in [1.807, 2.05) is 12.1 Å². The molecular weight excluding hydrogens is 318 g/mol. The number of nitriles is 2. The maximum Gasteiger partial charge on any atom is 0.320 e. The highest BCUT2D eigenvalue weighted by molar-refractivity contribution is 5.89. The van der Waals surface area contributed by atoms with Gasteiger partial charge in [0.1, 0.15) is 17.6 Å². The van der Waals surface area contributed by atoms with Crippen molar-refractivity contribution >= 4 is 11.8 Å². The standard InChI is InChI=1S/C18H13N5O2/c19-6-10-1-3-12-14(5-10)25-9-13-16(12)17(13)23-18(24)22-15-4-2-11(7-20)8-21-15/h1-5,8,13,16-17H,9H2,(H2,21,22,23,24)/t13-,16+,17?/m0/s1. The number of aromatic nitrogens is 1. The topological polar surface area (TPSA) is 111 Å². The average Bonchev–Trinajstić information content (AvgIpc) is 3.34. The lowest BCUT2D eigenvalue weighted by Gasteiger charge is -2.15. The molecule has 2 amide bonds. The fraction of sp³-hybridized carbons (Fsp3) is 0.222. The van der Waals surface area contributed by atoms with Gasteiger partial charge in [0.25, 0.3) is 0 Å². The minimum Gasteiger partial charge on any atom is -0.493 e. The maximum atomic E-state index is 12.2. The molecule has 0 radical (unpaired) electrons. The smallest absolute Gasteiger partial charge is 0.320 e. The largest absolute Gasteiger partial charge is 0.493 e. The van der Waals surface area contributed by atoms with Crippen LogP contribution in [0.2, 0.25) is 0 Å². The summed E-state index contributed by atoms with van der Waals surface area (Å²) in [5, 5.41) is 23.3. The molecule has 1 aromatic carbocycles. The van der Waals surface area contributed by atoms with Crippen LogP contribution in [0.1, 0.15) is 22.6 Å². The maximum absolute atomic E-state index is 12.2. The predicted molar refractivity (Wildman–Crippen MR) is 87.8 cm³/mol. The van der Waals surface area contributed by atoms with Gasteiger partial charge in [-0.1, -0.05) is 6.07 Å². The van der Waals surface area contributed by atoms with E-state index in [1.54, 1.807) is 24.3 Å². The molecule has 3 atom stereocenters. The fourth-order valence-electron chi connectivity index (χ4n) is 3.23. The van der Waals surface area contributed by atoms with Crippen LogP contribution in [0.4, 0.5) is 10.6 Å². The molecule has 2 aromatic rings. The van der Waals surface area contributed by atoms with Gasteiger partial charge >= 0.3 is 6.03 Å². The number of benzene rings is 1. The summed E-state index contributed by atoms with van der Waals surface area (Å²) >= 11 is 0. The normalized spacial score (nSPS) is 22.2. The Kier molecular flexibility index (Phi) is 3.48. The molecular formula is C18H13N5O2. The van der Waals surface area contributed by atoms with Crippen molar-refractivity contribution in [1.82, 2.24) is 10.3 Å². The van der Waals surface area contributed by atoms with Crippen molar-refractivity contribution in [1.29, 1.82) is 10.5 Å². The molecule has 2 N–H and O–H groups in total. The summed E-state index contributed by atoms with van der Waals surface area (Å²) in [7, 11) is 0. The third kappa shape index (κ3) is 2.73. The molecule has 2 aliphatic rings. The van der Waals surface area contributed by atoms with E-state index in [2.05, 4.69) is 21.7 Å². The van der Waals surface area contributed by atoms with Crippen molar-refractivity contribution in [2.75, 3.05) is 11.9 Å². The van der Waals surface area contributed by atoms with Crippen molar-refractivity contribution in [3.63, 3.8) is 0 Å². The molecule has 1 fully saturated rings. The fourth-order valence-corrected chi connectivity index (χ4v) is 3.23. The zero-order valence-corrected chi connectivity index (χ0v) is 13.1. The van der Waals surface area contributed by atoms with Crippen LogP contribution >= 0.6 is 0 Å². The van der Waals surface area contributed by atoms with Gasteiger partial charge in [-0.3, -0.25) is 5.32 Å². The molecule has 7 heteroatoms. The van der Waals surface area contributed by atoms with E-state index >= 15 is 0 Å². The molecule has 1 aromatic heterocycles. The van der Waals surface area contributed by atoms with E-state index in [1.165, 1.54) is 6.20 Å². The lowest BCUT2D eigenvalue weighted by atomic mass is 10.0. The SMILES string of the molecule is N#Cc1ccc(NC(=O)NC2[C@H]3COc4cc(C#N)ccc4[C@@H]23)nc1. The van der Waals surface area contributed by atoms with Crippen LogP contribution in [0.15, 0.2) is 36.5 Å². The van der Waals surface area contributed by atoms with Gasteiger partial charge < -0.3 is 10.1 Å². The van der Waals surface area contributed by atoms with Crippen molar-refractivity contribution in [2.24, 2.45) is 5.92 Å². The molecule has 122 valence electrons. The number of nitrogens with zero attached hydrogens (tertiary/aromatic N) is 3. The number of rotatable bonds is 2. The van der Waals surface area contributed by atoms with Crippen LogP contribution in [0.25, 0.3) is 0 Å². The Labute approximate surface area is 143 Å². The Bertz CT molecular complexity index is 926. The van der Waals surface area contributed by atoms with Gasteiger partial charge in [0.05, 0.1) is 23.8 Å². The van der Waals surface area contributed by atoms with Gasteiger partial charge in [0, 0.05) is 24.1 Å². The Morgan fingerprint density at radius 3 is 2.72 bits per heavy atom. The Hall–Kier alpha value is -3.58. The predicted octanol–water partition coefficient (Wildman–Crippen LogP) is 2.12. The molecule has 1 saturated carbocycles. The van der Waals surface area contributed by atoms with Crippen LogP contribution < -0.4 is 15.4 Å². The zero-order valence-electron chi connectivity index (χ0n) is 13.1. The van der Waals surface area contributed by atoms with E-state index in [-0.39, 0.29) is 23.9 Å². The van der Waals surface area contributed by atoms with Crippen molar-refractivity contribution < 1.29 is 9.53 Å². The Morgan fingerprint density at radius 1 is 1.20 bits per heavy atom. The van der Waals surface area contributed by atoms with Crippen molar-refractivity contribution in [3.8, 4) is 17.9 Å². The number of hydrogen-bond acceptors (Lipinski definition) is 5. The number of carbonyl (C=O) groups excluding carboxylic acids is 1. The molecule has 1 aliphatic carbocycles. The van der Waals surface area contributed by atoms with Gasteiger partial charge in [0.2, 0.25) is 0 Å². The number of amides is 2. The first kappa shape index (κ1) is 15.0. The highest BCUT2D eigenvalue weighted by atomic mass is 16.5. The summed E-state index contributed by atoms with van der Waals surface area (Å²) in [5.74, 6) is 1.55. The summed E-state index contributed by atoms with van der Waals surface area (Å²) < 4.78 is 5.71. The molecule has 0 saturated heterocycles. The van der Waals surface area contributed by atoms with Crippen LogP contribution in [-0.4, -0.2) is 23.7 Å². The van der Waals surface area contributed by atoms with Crippen molar-refractivity contribution in [2.45, 2.75) is 12.0 Å². The number of urea groups is 1. The van der Waals surface area contributed by atoms with E-state index in [0.29, 0.717) is 23.6 Å². The summed E-state index contributed by atoms with van der Waals surface area (Å²) in [6.07, 6.45) is 1.41. The Morgan fingerprint density at radius 2 is 2.00 bits per heavy atom. The number of carbonyl (C=O) groups is 1. The molecule has 0 spiro atoms. The second-order valence-corrected chi connectivity index (χ2v) is 6.03. The number of anilines is 1. The van der Waals surface area contributed by atoms with Crippen LogP contribution in [0.3, 0.4) is 0 Å². The third-order valence-corrected chi connectivity index (χ3v) is 4.53.